The van der Waals surface area contributed by atoms with Crippen LogP contribution in [0, 0.1) is 5.82 Å². The molecule has 0 radical (unpaired) electrons. The molecule has 2 rings (SSSR count). The zero-order valence-corrected chi connectivity index (χ0v) is 11.9. The quantitative estimate of drug-likeness (QED) is 0.867. The van der Waals surface area contributed by atoms with Crippen LogP contribution in [-0.4, -0.2) is 23.6 Å². The van der Waals surface area contributed by atoms with Crippen LogP contribution in [0.3, 0.4) is 0 Å². The summed E-state index contributed by atoms with van der Waals surface area (Å²) in [5.74, 6) is -0.0191. The van der Waals surface area contributed by atoms with Gasteiger partial charge in [-0.15, -0.1) is 0 Å². The maximum absolute atomic E-state index is 12.8. The Balaban J connectivity index is 2.03. The van der Waals surface area contributed by atoms with Crippen LogP contribution in [0.1, 0.15) is 33.1 Å². The van der Waals surface area contributed by atoms with Gasteiger partial charge in [-0.3, -0.25) is 4.79 Å². The minimum atomic E-state index is -0.696. The van der Waals surface area contributed by atoms with Crippen molar-refractivity contribution < 1.29 is 13.9 Å². The Kier molecular flexibility index (Phi) is 4.28. The zero-order chi connectivity index (χ0) is 14.8. The van der Waals surface area contributed by atoms with Crippen molar-refractivity contribution in [3.8, 4) is 5.75 Å². The number of hydrogen-bond donors (Lipinski definition) is 2. The molecule has 110 valence electrons. The molecule has 2 unspecified atom stereocenters. The lowest BCUT2D eigenvalue weighted by molar-refractivity contribution is -0.124. The smallest absolute Gasteiger partial charge is 0.237 e. The highest BCUT2D eigenvalue weighted by Gasteiger charge is 2.45. The van der Waals surface area contributed by atoms with Gasteiger partial charge in [-0.1, -0.05) is 0 Å². The maximum Gasteiger partial charge on any atom is 0.237 e. The molecule has 1 amide bonds. The van der Waals surface area contributed by atoms with Gasteiger partial charge in [0, 0.05) is 12.5 Å². The minimum absolute atomic E-state index is 0.0841. The first kappa shape index (κ1) is 14.8. The Bertz CT molecular complexity index is 475. The van der Waals surface area contributed by atoms with E-state index in [9.17, 15) is 9.18 Å². The highest BCUT2D eigenvalue weighted by Crippen LogP contribution is 2.33. The Labute approximate surface area is 118 Å². The van der Waals surface area contributed by atoms with Crippen LogP contribution in [0.2, 0.25) is 0 Å². The molecule has 1 aromatic rings. The van der Waals surface area contributed by atoms with E-state index in [1.165, 1.54) is 12.1 Å². The molecule has 20 heavy (non-hydrogen) atoms. The largest absolute Gasteiger partial charge is 0.490 e. The molecular formula is C15H21FN2O2. The van der Waals surface area contributed by atoms with E-state index in [2.05, 4.69) is 5.32 Å². The van der Waals surface area contributed by atoms with E-state index >= 15 is 0 Å². The molecule has 1 fully saturated rings. The van der Waals surface area contributed by atoms with Crippen LogP contribution in [-0.2, 0) is 4.79 Å². The van der Waals surface area contributed by atoms with Gasteiger partial charge >= 0.3 is 0 Å². The molecule has 0 aliphatic heterocycles. The van der Waals surface area contributed by atoms with Crippen molar-refractivity contribution in [2.24, 2.45) is 5.73 Å². The first-order chi connectivity index (χ1) is 9.41. The molecular weight excluding hydrogens is 259 g/mol. The van der Waals surface area contributed by atoms with Gasteiger partial charge < -0.3 is 15.8 Å². The molecule has 0 heterocycles. The number of ether oxygens (including phenoxy) is 1. The second-order valence-electron chi connectivity index (χ2n) is 5.68. The fraction of sp³-hybridized carbons (Fsp3) is 0.533. The summed E-state index contributed by atoms with van der Waals surface area (Å²) in [6.07, 6.45) is 1.86. The highest BCUT2D eigenvalue weighted by molar-refractivity contribution is 5.85. The normalized spacial score (nSPS) is 25.9. The summed E-state index contributed by atoms with van der Waals surface area (Å²) in [6.45, 7) is 3.97. The molecule has 2 atom stereocenters. The number of nitrogens with two attached hydrogens (primary N) is 1. The first-order valence-corrected chi connectivity index (χ1v) is 6.91. The van der Waals surface area contributed by atoms with Gasteiger partial charge in [-0.2, -0.15) is 0 Å². The molecule has 4 nitrogen and oxygen atoms in total. The summed E-state index contributed by atoms with van der Waals surface area (Å²) in [6, 6.07) is 6.08. The first-order valence-electron chi connectivity index (χ1n) is 6.91. The van der Waals surface area contributed by atoms with E-state index in [4.69, 9.17) is 10.5 Å². The number of hydrogen-bond acceptors (Lipinski definition) is 3. The number of benzene rings is 1. The molecule has 1 aliphatic rings. The SMILES string of the molecule is CC(C)NC1(C(N)=O)CCC(Oc2ccc(F)cc2)C1. The van der Waals surface area contributed by atoms with E-state index < -0.39 is 5.54 Å². The van der Waals surface area contributed by atoms with Crippen molar-refractivity contribution in [2.45, 2.75) is 50.8 Å². The van der Waals surface area contributed by atoms with Crippen molar-refractivity contribution in [3.63, 3.8) is 0 Å². The van der Waals surface area contributed by atoms with Gasteiger partial charge in [-0.05, 0) is 51.0 Å². The number of primary amides is 1. The summed E-state index contributed by atoms with van der Waals surface area (Å²) in [7, 11) is 0. The highest BCUT2D eigenvalue weighted by atomic mass is 19.1. The molecule has 0 bridgehead atoms. The Morgan fingerprint density at radius 1 is 1.45 bits per heavy atom. The molecule has 0 saturated heterocycles. The third kappa shape index (κ3) is 3.28. The van der Waals surface area contributed by atoms with Gasteiger partial charge in [-0.25, -0.2) is 4.39 Å². The monoisotopic (exact) mass is 280 g/mol. The van der Waals surface area contributed by atoms with E-state index in [1.54, 1.807) is 12.1 Å². The Morgan fingerprint density at radius 3 is 2.65 bits per heavy atom. The van der Waals surface area contributed by atoms with Crippen molar-refractivity contribution in [1.82, 2.24) is 5.32 Å². The predicted octanol–water partition coefficient (Wildman–Crippen LogP) is 1.98. The second kappa shape index (κ2) is 5.79. The van der Waals surface area contributed by atoms with Crippen molar-refractivity contribution in [2.75, 3.05) is 0 Å². The number of carbonyl (C=O) groups is 1. The fourth-order valence-corrected chi connectivity index (χ4v) is 2.78. The average Bonchev–Trinajstić information content (AvgIpc) is 2.76. The van der Waals surface area contributed by atoms with Gasteiger partial charge in [0.05, 0.1) is 0 Å². The van der Waals surface area contributed by atoms with Crippen LogP contribution < -0.4 is 15.8 Å². The molecule has 3 N–H and O–H groups in total. The molecule has 1 saturated carbocycles. The standard InChI is InChI=1S/C15H21FN2O2/c1-10(2)18-15(14(17)19)8-7-13(9-15)20-12-5-3-11(16)4-6-12/h3-6,10,13,18H,7-9H2,1-2H3,(H2,17,19). The summed E-state index contributed by atoms with van der Waals surface area (Å²) in [5, 5.41) is 3.26. The molecule has 1 aliphatic carbocycles. The van der Waals surface area contributed by atoms with Crippen molar-refractivity contribution >= 4 is 5.91 Å². The van der Waals surface area contributed by atoms with E-state index in [0.29, 0.717) is 18.6 Å². The van der Waals surface area contributed by atoms with Gasteiger partial charge in [0.2, 0.25) is 5.91 Å². The number of rotatable bonds is 5. The maximum atomic E-state index is 12.8. The molecule has 0 aromatic heterocycles. The van der Waals surface area contributed by atoms with Gasteiger partial charge in [0.25, 0.3) is 0 Å². The minimum Gasteiger partial charge on any atom is -0.490 e. The lowest BCUT2D eigenvalue weighted by Gasteiger charge is -2.29. The third-order valence-electron chi connectivity index (χ3n) is 3.62. The van der Waals surface area contributed by atoms with E-state index in [-0.39, 0.29) is 23.9 Å². The van der Waals surface area contributed by atoms with E-state index in [1.807, 2.05) is 13.8 Å². The van der Waals surface area contributed by atoms with Crippen molar-refractivity contribution in [1.29, 1.82) is 0 Å². The van der Waals surface area contributed by atoms with Gasteiger partial charge in [0.15, 0.2) is 0 Å². The average molecular weight is 280 g/mol. The Morgan fingerprint density at radius 2 is 2.10 bits per heavy atom. The summed E-state index contributed by atoms with van der Waals surface area (Å²) >= 11 is 0. The molecule has 1 aromatic carbocycles. The predicted molar refractivity (Wildman–Crippen MR) is 74.9 cm³/mol. The fourth-order valence-electron chi connectivity index (χ4n) is 2.78. The van der Waals surface area contributed by atoms with Crippen molar-refractivity contribution in [3.05, 3.63) is 30.1 Å². The summed E-state index contributed by atoms with van der Waals surface area (Å²) < 4.78 is 18.6. The number of nitrogens with one attached hydrogen (secondary N) is 1. The second-order valence-corrected chi connectivity index (χ2v) is 5.68. The zero-order valence-electron chi connectivity index (χ0n) is 11.9. The third-order valence-corrected chi connectivity index (χ3v) is 3.62. The number of carbonyl (C=O) groups excluding carboxylic acids is 1. The van der Waals surface area contributed by atoms with Gasteiger partial charge in [0.1, 0.15) is 23.2 Å². The van der Waals surface area contributed by atoms with Crippen LogP contribution >= 0.6 is 0 Å². The number of halogens is 1. The molecule has 0 spiro atoms. The van der Waals surface area contributed by atoms with Crippen LogP contribution in [0.25, 0.3) is 0 Å². The van der Waals surface area contributed by atoms with E-state index in [0.717, 1.165) is 6.42 Å². The lowest BCUT2D eigenvalue weighted by Crippen LogP contribution is -2.56. The Hall–Kier alpha value is -1.62. The van der Waals surface area contributed by atoms with Crippen LogP contribution in [0.15, 0.2) is 24.3 Å². The topological polar surface area (TPSA) is 64.3 Å². The summed E-state index contributed by atoms with van der Waals surface area (Å²) in [5.41, 5.74) is 4.85. The van der Waals surface area contributed by atoms with Crippen LogP contribution in [0.4, 0.5) is 4.39 Å². The summed E-state index contributed by atoms with van der Waals surface area (Å²) in [4.78, 5) is 11.8. The van der Waals surface area contributed by atoms with Crippen LogP contribution in [0.5, 0.6) is 5.75 Å². The number of amides is 1. The molecule has 5 heteroatoms. The lowest BCUT2D eigenvalue weighted by atomic mass is 9.95.